The van der Waals surface area contributed by atoms with Gasteiger partial charge in [0.15, 0.2) is 0 Å². The van der Waals surface area contributed by atoms with Crippen LogP contribution in [0.3, 0.4) is 0 Å². The summed E-state index contributed by atoms with van der Waals surface area (Å²) in [4.78, 5) is 16.5. The second-order valence-corrected chi connectivity index (χ2v) is 6.49. The number of carbonyl (C=O) groups is 1. The molecule has 126 valence electrons. The van der Waals surface area contributed by atoms with E-state index in [1.807, 2.05) is 37.3 Å². The second kappa shape index (κ2) is 7.77. The first-order chi connectivity index (χ1) is 11.7. The Morgan fingerprint density at radius 3 is 3.08 bits per heavy atom. The zero-order chi connectivity index (χ0) is 16.9. The lowest BCUT2D eigenvalue weighted by Gasteiger charge is -2.14. The maximum absolute atomic E-state index is 12.1. The summed E-state index contributed by atoms with van der Waals surface area (Å²) in [6.45, 7) is 3.44. The summed E-state index contributed by atoms with van der Waals surface area (Å²) >= 11 is 6.24. The van der Waals surface area contributed by atoms with Crippen LogP contribution in [0.2, 0.25) is 5.02 Å². The van der Waals surface area contributed by atoms with Gasteiger partial charge in [-0.05, 0) is 48.6 Å². The molecule has 1 atom stereocenters. The van der Waals surface area contributed by atoms with Crippen molar-refractivity contribution in [2.75, 3.05) is 6.54 Å². The minimum Gasteiger partial charge on any atom is -0.352 e. The van der Waals surface area contributed by atoms with Gasteiger partial charge in [0, 0.05) is 29.9 Å². The molecule has 24 heavy (non-hydrogen) atoms. The minimum absolute atomic E-state index is 0.0154. The lowest BCUT2D eigenvalue weighted by Crippen LogP contribution is -2.24. The first kappa shape index (κ1) is 16.9. The number of rotatable bonds is 6. The summed E-state index contributed by atoms with van der Waals surface area (Å²) in [6.07, 6.45) is 4.66. The van der Waals surface area contributed by atoms with Crippen LogP contribution in [-0.4, -0.2) is 17.4 Å². The maximum atomic E-state index is 12.1. The summed E-state index contributed by atoms with van der Waals surface area (Å²) in [7, 11) is 0. The van der Waals surface area contributed by atoms with Crippen molar-refractivity contribution in [1.82, 2.24) is 15.6 Å². The molecule has 0 aliphatic heterocycles. The third kappa shape index (κ3) is 3.77. The molecule has 1 aliphatic carbocycles. The molecule has 0 fully saturated rings. The number of benzene rings is 1. The van der Waals surface area contributed by atoms with E-state index >= 15 is 0 Å². The van der Waals surface area contributed by atoms with Crippen molar-refractivity contribution in [2.45, 2.75) is 38.8 Å². The second-order valence-electron chi connectivity index (χ2n) is 6.09. The SMILES string of the molecule is CCCNC(=O)c1cccc(CNC2CCc3c(Cl)ccnc32)c1. The number of hydrogen-bond donors (Lipinski definition) is 2. The molecule has 2 N–H and O–H groups in total. The van der Waals surface area contributed by atoms with Crippen LogP contribution in [-0.2, 0) is 13.0 Å². The van der Waals surface area contributed by atoms with Crippen LogP contribution >= 0.6 is 11.6 Å². The quantitative estimate of drug-likeness (QED) is 0.841. The molecule has 0 spiro atoms. The highest BCUT2D eigenvalue weighted by atomic mass is 35.5. The Morgan fingerprint density at radius 2 is 2.25 bits per heavy atom. The van der Waals surface area contributed by atoms with Crippen LogP contribution in [0.4, 0.5) is 0 Å². The molecule has 1 heterocycles. The fourth-order valence-electron chi connectivity index (χ4n) is 3.06. The molecule has 0 bridgehead atoms. The molecule has 3 rings (SSSR count). The molecule has 0 saturated carbocycles. The highest BCUT2D eigenvalue weighted by Gasteiger charge is 2.25. The van der Waals surface area contributed by atoms with Crippen molar-refractivity contribution in [2.24, 2.45) is 0 Å². The van der Waals surface area contributed by atoms with Gasteiger partial charge in [0.1, 0.15) is 0 Å². The molecule has 0 saturated heterocycles. The van der Waals surface area contributed by atoms with Gasteiger partial charge in [-0.1, -0.05) is 30.7 Å². The van der Waals surface area contributed by atoms with E-state index < -0.39 is 0 Å². The number of aromatic nitrogens is 1. The number of halogens is 1. The normalized spacial score (nSPS) is 16.0. The smallest absolute Gasteiger partial charge is 0.251 e. The Morgan fingerprint density at radius 1 is 1.38 bits per heavy atom. The molecule has 0 radical (unpaired) electrons. The van der Waals surface area contributed by atoms with Gasteiger partial charge in [0.2, 0.25) is 0 Å². The van der Waals surface area contributed by atoms with Crippen molar-refractivity contribution >= 4 is 17.5 Å². The lowest BCUT2D eigenvalue weighted by molar-refractivity contribution is 0.0953. The summed E-state index contributed by atoms with van der Waals surface area (Å²) in [5.41, 5.74) is 4.01. The van der Waals surface area contributed by atoms with Gasteiger partial charge < -0.3 is 10.6 Å². The highest BCUT2D eigenvalue weighted by molar-refractivity contribution is 6.31. The van der Waals surface area contributed by atoms with E-state index in [1.165, 1.54) is 0 Å². The van der Waals surface area contributed by atoms with Gasteiger partial charge in [0.25, 0.3) is 5.91 Å². The number of amides is 1. The van der Waals surface area contributed by atoms with Crippen LogP contribution in [0, 0.1) is 0 Å². The molecule has 1 aromatic heterocycles. The zero-order valence-corrected chi connectivity index (χ0v) is 14.6. The van der Waals surface area contributed by atoms with Crippen molar-refractivity contribution in [1.29, 1.82) is 0 Å². The third-order valence-corrected chi connectivity index (χ3v) is 4.68. The molecular weight excluding hydrogens is 322 g/mol. The van der Waals surface area contributed by atoms with E-state index in [0.29, 0.717) is 18.7 Å². The molecule has 4 nitrogen and oxygen atoms in total. The number of pyridine rings is 1. The molecule has 1 aromatic carbocycles. The molecular formula is C19H22ClN3O. The van der Waals surface area contributed by atoms with Gasteiger partial charge in [-0.2, -0.15) is 0 Å². The average Bonchev–Trinajstić information content (AvgIpc) is 3.02. The van der Waals surface area contributed by atoms with Crippen molar-refractivity contribution in [3.8, 4) is 0 Å². The predicted octanol–water partition coefficient (Wildman–Crippen LogP) is 3.65. The van der Waals surface area contributed by atoms with E-state index in [9.17, 15) is 4.79 Å². The topological polar surface area (TPSA) is 54.0 Å². The van der Waals surface area contributed by atoms with Gasteiger partial charge in [-0.15, -0.1) is 0 Å². The number of carbonyl (C=O) groups excluding carboxylic acids is 1. The van der Waals surface area contributed by atoms with Crippen LogP contribution in [0.1, 0.15) is 53.0 Å². The Bertz CT molecular complexity index is 732. The van der Waals surface area contributed by atoms with E-state index in [0.717, 1.165) is 41.1 Å². The Balaban J connectivity index is 1.64. The van der Waals surface area contributed by atoms with E-state index in [4.69, 9.17) is 11.6 Å². The maximum Gasteiger partial charge on any atom is 0.251 e. The molecule has 1 unspecified atom stereocenters. The summed E-state index contributed by atoms with van der Waals surface area (Å²) in [6, 6.07) is 9.82. The van der Waals surface area contributed by atoms with Gasteiger partial charge >= 0.3 is 0 Å². The van der Waals surface area contributed by atoms with E-state index in [2.05, 4.69) is 15.6 Å². The fraction of sp³-hybridized carbons (Fsp3) is 0.368. The van der Waals surface area contributed by atoms with E-state index in [1.54, 1.807) is 6.20 Å². The monoisotopic (exact) mass is 343 g/mol. The minimum atomic E-state index is -0.0154. The Labute approximate surface area is 147 Å². The zero-order valence-electron chi connectivity index (χ0n) is 13.8. The van der Waals surface area contributed by atoms with Crippen LogP contribution in [0.15, 0.2) is 36.5 Å². The van der Waals surface area contributed by atoms with Crippen molar-refractivity contribution < 1.29 is 4.79 Å². The summed E-state index contributed by atoms with van der Waals surface area (Å²) in [5, 5.41) is 7.25. The van der Waals surface area contributed by atoms with Gasteiger partial charge in [0.05, 0.1) is 11.7 Å². The number of fused-ring (bicyclic) bond motifs is 1. The highest BCUT2D eigenvalue weighted by Crippen LogP contribution is 2.33. The molecule has 5 heteroatoms. The number of nitrogens with one attached hydrogen (secondary N) is 2. The predicted molar refractivity (Wildman–Crippen MR) is 96.2 cm³/mol. The van der Waals surface area contributed by atoms with Gasteiger partial charge in [-0.3, -0.25) is 9.78 Å². The van der Waals surface area contributed by atoms with Crippen LogP contribution in [0.25, 0.3) is 0 Å². The Kier molecular flexibility index (Phi) is 5.48. The summed E-state index contributed by atoms with van der Waals surface area (Å²) < 4.78 is 0. The summed E-state index contributed by atoms with van der Waals surface area (Å²) in [5.74, 6) is -0.0154. The number of hydrogen-bond acceptors (Lipinski definition) is 3. The van der Waals surface area contributed by atoms with Crippen molar-refractivity contribution in [3.05, 3.63) is 63.9 Å². The first-order valence-electron chi connectivity index (χ1n) is 8.43. The Hall–Kier alpha value is -1.91. The molecule has 1 aliphatic rings. The standard InChI is InChI=1S/C19H22ClN3O/c1-2-9-22-19(24)14-5-3-4-13(11-14)12-23-17-7-6-15-16(20)8-10-21-18(15)17/h3-5,8,10-11,17,23H,2,6-7,9,12H2,1H3,(H,22,24). The molecule has 1 amide bonds. The van der Waals surface area contributed by atoms with Crippen LogP contribution < -0.4 is 10.6 Å². The van der Waals surface area contributed by atoms with Crippen LogP contribution in [0.5, 0.6) is 0 Å². The fourth-order valence-corrected chi connectivity index (χ4v) is 3.31. The van der Waals surface area contributed by atoms with Gasteiger partial charge in [-0.25, -0.2) is 0 Å². The molecule has 2 aromatic rings. The third-order valence-electron chi connectivity index (χ3n) is 4.32. The van der Waals surface area contributed by atoms with E-state index in [-0.39, 0.29) is 11.9 Å². The largest absolute Gasteiger partial charge is 0.352 e. The first-order valence-corrected chi connectivity index (χ1v) is 8.80. The lowest BCUT2D eigenvalue weighted by atomic mass is 10.1. The van der Waals surface area contributed by atoms with Crippen molar-refractivity contribution in [3.63, 3.8) is 0 Å². The average molecular weight is 344 g/mol. The number of nitrogens with zero attached hydrogens (tertiary/aromatic N) is 1.